The average Bonchev–Trinajstić information content (AvgIpc) is 3.43. The third-order valence-electron chi connectivity index (χ3n) is 6.08. The van der Waals surface area contributed by atoms with Crippen molar-refractivity contribution in [2.24, 2.45) is 5.92 Å². The van der Waals surface area contributed by atoms with E-state index in [0.29, 0.717) is 25.2 Å². The van der Waals surface area contributed by atoms with Gasteiger partial charge in [-0.25, -0.2) is 9.97 Å². The van der Waals surface area contributed by atoms with Gasteiger partial charge < -0.3 is 15.1 Å². The van der Waals surface area contributed by atoms with E-state index in [1.165, 1.54) is 24.1 Å². The van der Waals surface area contributed by atoms with Crippen molar-refractivity contribution in [2.45, 2.75) is 38.0 Å². The van der Waals surface area contributed by atoms with Gasteiger partial charge in [-0.1, -0.05) is 0 Å². The molecule has 0 spiro atoms. The topological polar surface area (TPSA) is 74.2 Å². The molecule has 2 aliphatic rings. The first-order valence-electron chi connectivity index (χ1n) is 10.7. The number of carbonyl (C=O) groups excluding carboxylic acids is 1. The molecule has 1 N–H and O–H groups in total. The van der Waals surface area contributed by atoms with E-state index in [-0.39, 0.29) is 43.1 Å². The third-order valence-corrected chi connectivity index (χ3v) is 6.08. The van der Waals surface area contributed by atoms with Crippen molar-refractivity contribution in [3.05, 3.63) is 35.7 Å². The van der Waals surface area contributed by atoms with Gasteiger partial charge in [0.05, 0.1) is 17.2 Å². The Morgan fingerprint density at radius 3 is 2.47 bits per heavy atom. The van der Waals surface area contributed by atoms with Crippen LogP contribution in [0.25, 0.3) is 0 Å². The maximum atomic E-state index is 13.4. The van der Waals surface area contributed by atoms with Gasteiger partial charge in [0.1, 0.15) is 11.6 Å². The molecule has 184 valence electrons. The number of likely N-dealkylation sites (tertiary alicyclic amines) is 1. The summed E-state index contributed by atoms with van der Waals surface area (Å²) in [5, 5.41) is 2.57. The zero-order chi connectivity index (χ0) is 24.7. The lowest BCUT2D eigenvalue weighted by molar-refractivity contribution is -0.168. The molecule has 4 heterocycles. The van der Waals surface area contributed by atoms with Gasteiger partial charge in [0, 0.05) is 51.3 Å². The molecule has 2 unspecified atom stereocenters. The molecule has 0 saturated carbocycles. The second kappa shape index (κ2) is 8.91. The standard InChI is InChI=1S/C21H22F6N6O/c1-12(34)32-7-4-13(10-32)16-9-17(30-18-15(21(25,26)27)3-2-6-28-18)31-19(29-16)33-8-5-14(11-33)20(22,23)24/h2-3,6,9,13-14H,4-5,7-8,10-11H2,1H3,(H,28,29,30,31). The molecule has 1 amide bonds. The fraction of sp³-hybridized carbons (Fsp3) is 0.524. The van der Waals surface area contributed by atoms with Crippen molar-refractivity contribution in [1.82, 2.24) is 19.9 Å². The van der Waals surface area contributed by atoms with Crippen molar-refractivity contribution in [3.8, 4) is 0 Å². The zero-order valence-corrected chi connectivity index (χ0v) is 18.1. The Bertz CT molecular complexity index is 1060. The fourth-order valence-electron chi connectivity index (χ4n) is 4.22. The predicted molar refractivity (Wildman–Crippen MR) is 111 cm³/mol. The molecule has 7 nitrogen and oxygen atoms in total. The van der Waals surface area contributed by atoms with Gasteiger partial charge in [0.15, 0.2) is 0 Å². The molecule has 34 heavy (non-hydrogen) atoms. The lowest BCUT2D eigenvalue weighted by Gasteiger charge is -2.21. The summed E-state index contributed by atoms with van der Waals surface area (Å²) < 4.78 is 79.8. The van der Waals surface area contributed by atoms with Crippen molar-refractivity contribution in [3.63, 3.8) is 0 Å². The van der Waals surface area contributed by atoms with Gasteiger partial charge in [-0.05, 0) is 25.0 Å². The second-order valence-corrected chi connectivity index (χ2v) is 8.42. The highest BCUT2D eigenvalue weighted by Gasteiger charge is 2.44. The molecule has 2 saturated heterocycles. The minimum atomic E-state index is -4.67. The zero-order valence-electron chi connectivity index (χ0n) is 18.1. The summed E-state index contributed by atoms with van der Waals surface area (Å²) in [4.78, 5) is 27.2. The van der Waals surface area contributed by atoms with Crippen molar-refractivity contribution in [2.75, 3.05) is 36.4 Å². The average molecular weight is 488 g/mol. The maximum absolute atomic E-state index is 13.4. The highest BCUT2D eigenvalue weighted by atomic mass is 19.4. The number of nitrogens with zero attached hydrogens (tertiary/aromatic N) is 5. The SMILES string of the molecule is CC(=O)N1CCC(c2cc(Nc3ncccc3C(F)(F)F)nc(N3CCC(C(F)(F)F)C3)n2)C1. The first-order chi connectivity index (χ1) is 15.9. The fourth-order valence-corrected chi connectivity index (χ4v) is 4.22. The van der Waals surface area contributed by atoms with Crippen LogP contribution in [0.1, 0.15) is 36.9 Å². The van der Waals surface area contributed by atoms with Gasteiger partial charge in [0.25, 0.3) is 0 Å². The van der Waals surface area contributed by atoms with E-state index in [1.807, 2.05) is 0 Å². The molecule has 2 atom stereocenters. The van der Waals surface area contributed by atoms with Gasteiger partial charge in [-0.15, -0.1) is 0 Å². The Hall–Kier alpha value is -3.12. The van der Waals surface area contributed by atoms with E-state index in [2.05, 4.69) is 20.3 Å². The summed E-state index contributed by atoms with van der Waals surface area (Å²) >= 11 is 0. The van der Waals surface area contributed by atoms with Crippen molar-refractivity contribution >= 4 is 23.5 Å². The molecule has 4 rings (SSSR count). The number of halogens is 6. The van der Waals surface area contributed by atoms with E-state index < -0.39 is 29.7 Å². The second-order valence-electron chi connectivity index (χ2n) is 8.42. The number of pyridine rings is 1. The first kappa shape index (κ1) is 24.0. The minimum absolute atomic E-state index is 0.00230. The van der Waals surface area contributed by atoms with Crippen LogP contribution in [0.3, 0.4) is 0 Å². The van der Waals surface area contributed by atoms with Gasteiger partial charge in [-0.3, -0.25) is 4.79 Å². The summed E-state index contributed by atoms with van der Waals surface area (Å²) in [5.74, 6) is -2.37. The number of alkyl halides is 6. The van der Waals surface area contributed by atoms with E-state index >= 15 is 0 Å². The number of hydrogen-bond acceptors (Lipinski definition) is 6. The summed E-state index contributed by atoms with van der Waals surface area (Å²) in [7, 11) is 0. The monoisotopic (exact) mass is 488 g/mol. The Morgan fingerprint density at radius 2 is 1.85 bits per heavy atom. The summed E-state index contributed by atoms with van der Waals surface area (Å²) in [6, 6.07) is 3.49. The summed E-state index contributed by atoms with van der Waals surface area (Å²) in [6.45, 7) is 2.00. The lowest BCUT2D eigenvalue weighted by Crippen LogP contribution is -2.29. The predicted octanol–water partition coefficient (Wildman–Crippen LogP) is 4.36. The maximum Gasteiger partial charge on any atom is 0.419 e. The van der Waals surface area contributed by atoms with E-state index in [1.54, 1.807) is 4.90 Å². The first-order valence-corrected chi connectivity index (χ1v) is 10.7. The van der Waals surface area contributed by atoms with Crippen LogP contribution in [0.4, 0.5) is 43.9 Å². The molecule has 0 aromatic carbocycles. The molecule has 2 fully saturated rings. The number of aromatic nitrogens is 3. The quantitative estimate of drug-likeness (QED) is 0.645. The van der Waals surface area contributed by atoms with Crippen LogP contribution >= 0.6 is 0 Å². The Labute approximate surface area is 191 Å². The van der Waals surface area contributed by atoms with Crippen LogP contribution in [-0.4, -0.2) is 58.1 Å². The molecule has 2 aliphatic heterocycles. The number of anilines is 3. The number of nitrogens with one attached hydrogen (secondary N) is 1. The number of amides is 1. The highest BCUT2D eigenvalue weighted by Crippen LogP contribution is 2.37. The molecular formula is C21H22F6N6O. The van der Waals surface area contributed by atoms with E-state index in [0.717, 1.165) is 12.1 Å². The van der Waals surface area contributed by atoms with Crippen LogP contribution in [0.2, 0.25) is 0 Å². The molecule has 2 aromatic heterocycles. The number of hydrogen-bond donors (Lipinski definition) is 1. The highest BCUT2D eigenvalue weighted by molar-refractivity contribution is 5.73. The lowest BCUT2D eigenvalue weighted by atomic mass is 10.0. The minimum Gasteiger partial charge on any atom is -0.342 e. The molecule has 0 aliphatic carbocycles. The van der Waals surface area contributed by atoms with Crippen molar-refractivity contribution in [1.29, 1.82) is 0 Å². The van der Waals surface area contributed by atoms with Crippen molar-refractivity contribution < 1.29 is 31.1 Å². The van der Waals surface area contributed by atoms with Crippen LogP contribution in [0.15, 0.2) is 24.4 Å². The number of rotatable bonds is 4. The molecule has 13 heteroatoms. The van der Waals surface area contributed by atoms with E-state index in [4.69, 9.17) is 0 Å². The Balaban J connectivity index is 1.68. The van der Waals surface area contributed by atoms with Crippen LogP contribution in [0, 0.1) is 5.92 Å². The molecule has 0 radical (unpaired) electrons. The Morgan fingerprint density at radius 1 is 1.09 bits per heavy atom. The van der Waals surface area contributed by atoms with E-state index in [9.17, 15) is 31.1 Å². The smallest absolute Gasteiger partial charge is 0.342 e. The molecular weight excluding hydrogens is 466 g/mol. The summed E-state index contributed by atoms with van der Waals surface area (Å²) in [6.07, 6.45) is -7.40. The number of carbonyl (C=O) groups is 1. The van der Waals surface area contributed by atoms with Crippen LogP contribution in [-0.2, 0) is 11.0 Å². The molecule has 0 bridgehead atoms. The van der Waals surface area contributed by atoms with Crippen LogP contribution in [0.5, 0.6) is 0 Å². The third kappa shape index (κ3) is 5.17. The largest absolute Gasteiger partial charge is 0.419 e. The van der Waals surface area contributed by atoms with Crippen LogP contribution < -0.4 is 10.2 Å². The normalized spacial score (nSPS) is 21.3. The van der Waals surface area contributed by atoms with Gasteiger partial charge in [-0.2, -0.15) is 31.3 Å². The Kier molecular flexibility index (Phi) is 6.30. The summed E-state index contributed by atoms with van der Waals surface area (Å²) in [5.41, 5.74) is -0.560. The molecule has 2 aromatic rings. The van der Waals surface area contributed by atoms with Gasteiger partial charge >= 0.3 is 12.4 Å². The van der Waals surface area contributed by atoms with Gasteiger partial charge in [0.2, 0.25) is 11.9 Å².